The second-order valence-corrected chi connectivity index (χ2v) is 4.65. The van der Waals surface area contributed by atoms with E-state index in [-0.39, 0.29) is 24.3 Å². The van der Waals surface area contributed by atoms with Crippen LogP contribution in [0.4, 0.5) is 5.69 Å². The highest BCUT2D eigenvalue weighted by atomic mass is 16.6. The Bertz CT molecular complexity index is 581. The number of β-amino-alcohol motifs (C(OH)–C–C–N with tert-alkyl or cyclic N) is 1. The molecule has 2 atom stereocenters. The van der Waals surface area contributed by atoms with Crippen LogP contribution in [-0.4, -0.2) is 55.2 Å². The summed E-state index contributed by atoms with van der Waals surface area (Å²) < 4.78 is 1.27. The van der Waals surface area contributed by atoms with Gasteiger partial charge in [-0.25, -0.2) is 4.79 Å². The molecule has 9 nitrogen and oxygen atoms in total. The Hall–Kier alpha value is -2.42. The third-order valence-corrected chi connectivity index (χ3v) is 3.25. The van der Waals surface area contributed by atoms with Gasteiger partial charge in [0.05, 0.1) is 17.2 Å². The van der Waals surface area contributed by atoms with Crippen molar-refractivity contribution >= 4 is 17.6 Å². The number of aromatic nitrogens is 1. The van der Waals surface area contributed by atoms with Crippen molar-refractivity contribution in [2.45, 2.75) is 18.6 Å². The molecule has 108 valence electrons. The summed E-state index contributed by atoms with van der Waals surface area (Å²) in [6.07, 6.45) is 0.221. The van der Waals surface area contributed by atoms with Crippen LogP contribution in [0.25, 0.3) is 0 Å². The summed E-state index contributed by atoms with van der Waals surface area (Å²) in [7, 11) is 1.46. The van der Waals surface area contributed by atoms with E-state index in [0.29, 0.717) is 0 Å². The topological polar surface area (TPSA) is 126 Å². The molecule has 0 aliphatic carbocycles. The first-order valence-electron chi connectivity index (χ1n) is 5.84. The number of nitrogens with zero attached hydrogens (tertiary/aromatic N) is 3. The highest BCUT2D eigenvalue weighted by Gasteiger charge is 2.40. The summed E-state index contributed by atoms with van der Waals surface area (Å²) in [4.78, 5) is 34.4. The van der Waals surface area contributed by atoms with Crippen LogP contribution in [0.2, 0.25) is 0 Å². The number of rotatable bonds is 3. The van der Waals surface area contributed by atoms with Gasteiger partial charge >= 0.3 is 5.97 Å². The van der Waals surface area contributed by atoms with Crippen molar-refractivity contribution in [3.05, 3.63) is 28.1 Å². The quantitative estimate of drug-likeness (QED) is 0.574. The van der Waals surface area contributed by atoms with Crippen molar-refractivity contribution in [2.24, 2.45) is 7.05 Å². The van der Waals surface area contributed by atoms with Crippen LogP contribution >= 0.6 is 0 Å². The first kappa shape index (κ1) is 14.0. The second-order valence-electron chi connectivity index (χ2n) is 4.65. The van der Waals surface area contributed by atoms with Gasteiger partial charge in [0.15, 0.2) is 0 Å². The first-order valence-corrected chi connectivity index (χ1v) is 5.84. The minimum atomic E-state index is -1.21. The molecule has 1 amide bonds. The maximum atomic E-state index is 12.3. The van der Waals surface area contributed by atoms with Gasteiger partial charge in [-0.15, -0.1) is 0 Å². The number of aryl methyl sites for hydroxylation is 1. The van der Waals surface area contributed by atoms with Gasteiger partial charge in [-0.05, 0) is 0 Å². The number of aliphatic carboxylic acids is 1. The van der Waals surface area contributed by atoms with Crippen LogP contribution in [0.5, 0.6) is 0 Å². The van der Waals surface area contributed by atoms with Gasteiger partial charge in [-0.1, -0.05) is 0 Å². The molecule has 1 fully saturated rings. The Morgan fingerprint density at radius 1 is 1.50 bits per heavy atom. The Morgan fingerprint density at radius 2 is 2.15 bits per heavy atom. The number of hydrogen-bond donors (Lipinski definition) is 2. The zero-order chi connectivity index (χ0) is 15.0. The van der Waals surface area contributed by atoms with E-state index >= 15 is 0 Å². The van der Waals surface area contributed by atoms with Gasteiger partial charge in [0.2, 0.25) is 0 Å². The molecule has 0 aromatic carbocycles. The van der Waals surface area contributed by atoms with E-state index in [2.05, 4.69) is 0 Å². The van der Waals surface area contributed by atoms with E-state index < -0.39 is 28.9 Å². The van der Waals surface area contributed by atoms with Crippen LogP contribution in [0.3, 0.4) is 0 Å². The highest BCUT2D eigenvalue weighted by molar-refractivity contribution is 5.96. The average Bonchev–Trinajstić information content (AvgIpc) is 2.92. The monoisotopic (exact) mass is 283 g/mol. The number of likely N-dealkylation sites (tertiary alicyclic amines) is 1. The number of aliphatic hydroxyl groups is 1. The Labute approximate surface area is 113 Å². The molecule has 0 saturated carbocycles. The first-order chi connectivity index (χ1) is 9.31. The number of carbonyl (C=O) groups is 2. The van der Waals surface area contributed by atoms with Crippen LogP contribution < -0.4 is 0 Å². The molecule has 9 heteroatoms. The summed E-state index contributed by atoms with van der Waals surface area (Å²) in [5.41, 5.74) is -0.237. The maximum Gasteiger partial charge on any atom is 0.326 e. The molecule has 2 rings (SSSR count). The average molecular weight is 283 g/mol. The third kappa shape index (κ3) is 2.35. The molecule has 20 heavy (non-hydrogen) atoms. The molecule has 1 aromatic rings. The highest BCUT2D eigenvalue weighted by Crippen LogP contribution is 2.23. The summed E-state index contributed by atoms with van der Waals surface area (Å²) >= 11 is 0. The van der Waals surface area contributed by atoms with E-state index in [1.165, 1.54) is 17.8 Å². The van der Waals surface area contributed by atoms with Crippen LogP contribution in [-0.2, 0) is 11.8 Å². The predicted octanol–water partition coefficient (Wildman–Crippen LogP) is -0.407. The van der Waals surface area contributed by atoms with Crippen molar-refractivity contribution in [1.29, 1.82) is 0 Å². The summed E-state index contributed by atoms with van der Waals surface area (Å²) in [6.45, 7) is -0.102. The van der Waals surface area contributed by atoms with Crippen molar-refractivity contribution in [1.82, 2.24) is 9.47 Å². The van der Waals surface area contributed by atoms with Crippen molar-refractivity contribution in [2.75, 3.05) is 6.54 Å². The lowest BCUT2D eigenvalue weighted by Crippen LogP contribution is -2.41. The van der Waals surface area contributed by atoms with Crippen LogP contribution in [0.1, 0.15) is 16.9 Å². The lowest BCUT2D eigenvalue weighted by Gasteiger charge is -2.21. The molecule has 1 saturated heterocycles. The number of nitro groups is 1. The van der Waals surface area contributed by atoms with Crippen LogP contribution in [0, 0.1) is 10.1 Å². The summed E-state index contributed by atoms with van der Waals surface area (Å²) in [6, 6.07) is -0.0298. The van der Waals surface area contributed by atoms with Crippen molar-refractivity contribution < 1.29 is 24.7 Å². The largest absolute Gasteiger partial charge is 0.480 e. The van der Waals surface area contributed by atoms with E-state index in [4.69, 9.17) is 5.11 Å². The zero-order valence-electron chi connectivity index (χ0n) is 10.6. The molecular weight excluding hydrogens is 270 g/mol. The van der Waals surface area contributed by atoms with Crippen molar-refractivity contribution in [3.63, 3.8) is 0 Å². The Balaban J connectivity index is 2.31. The van der Waals surface area contributed by atoms with Gasteiger partial charge in [0.25, 0.3) is 11.6 Å². The van der Waals surface area contributed by atoms with Gasteiger partial charge in [0.1, 0.15) is 11.7 Å². The predicted molar refractivity (Wildman–Crippen MR) is 65.2 cm³/mol. The number of carboxylic acids is 1. The summed E-state index contributed by atoms with van der Waals surface area (Å²) in [5.74, 6) is -1.86. The van der Waals surface area contributed by atoms with Gasteiger partial charge in [-0.2, -0.15) is 0 Å². The SMILES string of the molecule is Cn1cc([N+](=O)[O-])cc1C(=O)N1C[C@H](O)C[C@H]1C(=O)O. The van der Waals surface area contributed by atoms with E-state index in [9.17, 15) is 24.8 Å². The fourth-order valence-electron chi connectivity index (χ4n) is 2.28. The number of amides is 1. The minimum Gasteiger partial charge on any atom is -0.480 e. The molecule has 0 radical (unpaired) electrons. The van der Waals surface area contributed by atoms with Gasteiger partial charge in [0, 0.05) is 26.1 Å². The smallest absolute Gasteiger partial charge is 0.326 e. The molecule has 2 heterocycles. The van der Waals surface area contributed by atoms with Gasteiger partial charge < -0.3 is 19.7 Å². The zero-order valence-corrected chi connectivity index (χ0v) is 10.6. The lowest BCUT2D eigenvalue weighted by molar-refractivity contribution is -0.384. The van der Waals surface area contributed by atoms with Crippen LogP contribution in [0.15, 0.2) is 12.3 Å². The summed E-state index contributed by atoms with van der Waals surface area (Å²) in [5, 5.41) is 29.2. The minimum absolute atomic E-state index is 0.0112. The molecular formula is C11H13N3O6. The maximum absolute atomic E-state index is 12.3. The third-order valence-electron chi connectivity index (χ3n) is 3.25. The van der Waals surface area contributed by atoms with Gasteiger partial charge in [-0.3, -0.25) is 14.9 Å². The fraction of sp³-hybridized carbons (Fsp3) is 0.455. The molecule has 0 spiro atoms. The number of carbonyl (C=O) groups excluding carboxylic acids is 1. The number of hydrogen-bond acceptors (Lipinski definition) is 5. The lowest BCUT2D eigenvalue weighted by atomic mass is 10.2. The molecule has 0 unspecified atom stereocenters. The standard InChI is InChI=1S/C11H13N3O6/c1-12-4-6(14(19)20)2-8(12)10(16)13-5-7(15)3-9(13)11(17)18/h2,4,7,9,15H,3,5H2,1H3,(H,17,18)/t7-,9+/m1/s1. The van der Waals surface area contributed by atoms with Crippen molar-refractivity contribution in [3.8, 4) is 0 Å². The molecule has 1 aliphatic heterocycles. The molecule has 1 aliphatic rings. The van der Waals surface area contributed by atoms with E-state index in [0.717, 1.165) is 11.0 Å². The number of carboxylic acid groups (broad SMARTS) is 1. The number of aliphatic hydroxyl groups excluding tert-OH is 1. The second kappa shape index (κ2) is 4.93. The fourth-order valence-corrected chi connectivity index (χ4v) is 2.28. The van der Waals surface area contributed by atoms with E-state index in [1.54, 1.807) is 0 Å². The van der Waals surface area contributed by atoms with E-state index in [1.807, 2.05) is 0 Å². The molecule has 0 bridgehead atoms. The normalized spacial score (nSPS) is 22.0. The Kier molecular flexibility index (Phi) is 3.45. The Morgan fingerprint density at radius 3 is 2.65 bits per heavy atom. The molecule has 1 aromatic heterocycles. The molecule has 2 N–H and O–H groups in total.